The van der Waals surface area contributed by atoms with Crippen molar-refractivity contribution in [2.45, 2.75) is 39.8 Å². The van der Waals surface area contributed by atoms with Crippen molar-refractivity contribution in [3.63, 3.8) is 0 Å². The molecule has 0 aliphatic heterocycles. The highest BCUT2D eigenvalue weighted by Gasteiger charge is 2.14. The lowest BCUT2D eigenvalue weighted by Gasteiger charge is -2.23. The Morgan fingerprint density at radius 3 is 2.53 bits per heavy atom. The van der Waals surface area contributed by atoms with E-state index in [0.29, 0.717) is 6.04 Å². The van der Waals surface area contributed by atoms with E-state index in [0.717, 1.165) is 16.7 Å². The molecule has 0 spiro atoms. The Morgan fingerprint density at radius 2 is 2.13 bits per heavy atom. The van der Waals surface area contributed by atoms with Crippen LogP contribution in [-0.4, -0.2) is 27.8 Å². The van der Waals surface area contributed by atoms with Crippen LogP contribution >= 0.6 is 15.9 Å². The number of aromatic nitrogens is 2. The lowest BCUT2D eigenvalue weighted by molar-refractivity contribution is 0.237. The summed E-state index contributed by atoms with van der Waals surface area (Å²) in [6.07, 6.45) is 1.17. The summed E-state index contributed by atoms with van der Waals surface area (Å²) in [5.41, 5.74) is 2.31. The van der Waals surface area contributed by atoms with Gasteiger partial charge < -0.3 is 0 Å². The minimum Gasteiger partial charge on any atom is -0.298 e. The summed E-state index contributed by atoms with van der Waals surface area (Å²) in [6, 6.07) is 0.604. The molecule has 0 saturated carbocycles. The Morgan fingerprint density at radius 1 is 1.53 bits per heavy atom. The summed E-state index contributed by atoms with van der Waals surface area (Å²) >= 11 is 3.59. The summed E-state index contributed by atoms with van der Waals surface area (Å²) in [7, 11) is 4.15. The van der Waals surface area contributed by atoms with Crippen LogP contribution in [0.5, 0.6) is 0 Å². The van der Waals surface area contributed by atoms with Gasteiger partial charge in [-0.2, -0.15) is 5.10 Å². The van der Waals surface area contributed by atoms with Crippen molar-refractivity contribution in [3.05, 3.63) is 15.9 Å². The SMILES string of the molecule is CCC(C)N(C)Cc1c(Br)c(C)nn1C. The fourth-order valence-electron chi connectivity index (χ4n) is 1.56. The minimum atomic E-state index is 0.604. The van der Waals surface area contributed by atoms with Crippen LogP contribution in [0.3, 0.4) is 0 Å². The van der Waals surface area contributed by atoms with E-state index in [1.165, 1.54) is 12.1 Å². The maximum Gasteiger partial charge on any atom is 0.0739 e. The zero-order chi connectivity index (χ0) is 11.6. The third kappa shape index (κ3) is 2.82. The summed E-state index contributed by atoms with van der Waals surface area (Å²) in [5.74, 6) is 0. The fourth-order valence-corrected chi connectivity index (χ4v) is 2.02. The van der Waals surface area contributed by atoms with Gasteiger partial charge in [-0.1, -0.05) is 6.92 Å². The van der Waals surface area contributed by atoms with Gasteiger partial charge in [0.25, 0.3) is 0 Å². The molecule has 1 aromatic heterocycles. The van der Waals surface area contributed by atoms with Gasteiger partial charge in [0.1, 0.15) is 0 Å². The van der Waals surface area contributed by atoms with Crippen molar-refractivity contribution in [1.29, 1.82) is 0 Å². The molecule has 0 saturated heterocycles. The van der Waals surface area contributed by atoms with Crippen LogP contribution < -0.4 is 0 Å². The van der Waals surface area contributed by atoms with Crippen LogP contribution in [0.1, 0.15) is 31.7 Å². The van der Waals surface area contributed by atoms with Gasteiger partial charge in [0.15, 0.2) is 0 Å². The van der Waals surface area contributed by atoms with Gasteiger partial charge in [-0.25, -0.2) is 0 Å². The highest BCUT2D eigenvalue weighted by Crippen LogP contribution is 2.22. The first kappa shape index (κ1) is 12.7. The van der Waals surface area contributed by atoms with E-state index in [2.05, 4.69) is 46.8 Å². The molecule has 1 unspecified atom stereocenters. The smallest absolute Gasteiger partial charge is 0.0739 e. The summed E-state index contributed by atoms with van der Waals surface area (Å²) in [4.78, 5) is 2.35. The summed E-state index contributed by atoms with van der Waals surface area (Å²) in [5, 5.41) is 4.39. The fraction of sp³-hybridized carbons (Fsp3) is 0.727. The van der Waals surface area contributed by atoms with E-state index >= 15 is 0 Å². The van der Waals surface area contributed by atoms with Crippen LogP contribution in [0.25, 0.3) is 0 Å². The van der Waals surface area contributed by atoms with Crippen molar-refractivity contribution in [1.82, 2.24) is 14.7 Å². The van der Waals surface area contributed by atoms with Gasteiger partial charge in [-0.3, -0.25) is 9.58 Å². The lowest BCUT2D eigenvalue weighted by Crippen LogP contribution is -2.28. The molecule has 0 bridgehead atoms. The molecule has 1 aromatic rings. The second-order valence-electron chi connectivity index (χ2n) is 4.14. The van der Waals surface area contributed by atoms with Crippen LogP contribution in [-0.2, 0) is 13.6 Å². The first-order chi connectivity index (χ1) is 6.97. The predicted molar refractivity (Wildman–Crippen MR) is 66.9 cm³/mol. The molecule has 1 heterocycles. The Labute approximate surface area is 101 Å². The average molecular weight is 274 g/mol. The van der Waals surface area contributed by atoms with E-state index in [1.54, 1.807) is 0 Å². The second kappa shape index (κ2) is 5.12. The van der Waals surface area contributed by atoms with Crippen LogP contribution in [0, 0.1) is 6.92 Å². The Hall–Kier alpha value is -0.350. The maximum absolute atomic E-state index is 4.39. The number of hydrogen-bond acceptors (Lipinski definition) is 2. The van der Waals surface area contributed by atoms with E-state index in [1.807, 2.05) is 18.7 Å². The van der Waals surface area contributed by atoms with Crippen molar-refractivity contribution >= 4 is 15.9 Å². The molecule has 0 fully saturated rings. The Kier molecular flexibility index (Phi) is 4.34. The normalized spacial score (nSPS) is 13.5. The third-order valence-electron chi connectivity index (χ3n) is 3.00. The molecule has 4 heteroatoms. The van der Waals surface area contributed by atoms with Gasteiger partial charge in [0, 0.05) is 19.6 Å². The van der Waals surface area contributed by atoms with Crippen LogP contribution in [0.15, 0.2) is 4.47 Å². The molecular weight excluding hydrogens is 254 g/mol. The summed E-state index contributed by atoms with van der Waals surface area (Å²) < 4.78 is 3.10. The maximum atomic E-state index is 4.39. The molecule has 1 atom stereocenters. The summed E-state index contributed by atoms with van der Waals surface area (Å²) in [6.45, 7) is 7.42. The molecule has 1 rings (SSSR count). The molecule has 3 nitrogen and oxygen atoms in total. The monoisotopic (exact) mass is 273 g/mol. The lowest BCUT2D eigenvalue weighted by atomic mass is 10.2. The van der Waals surface area contributed by atoms with Gasteiger partial charge in [-0.05, 0) is 43.2 Å². The van der Waals surface area contributed by atoms with Gasteiger partial charge in [0.2, 0.25) is 0 Å². The molecule has 0 aliphatic carbocycles. The minimum absolute atomic E-state index is 0.604. The first-order valence-corrected chi connectivity index (χ1v) is 6.14. The molecular formula is C11H20BrN3. The third-order valence-corrected chi connectivity index (χ3v) is 4.04. The molecule has 15 heavy (non-hydrogen) atoms. The molecule has 0 aliphatic rings. The van der Waals surface area contributed by atoms with Crippen molar-refractivity contribution in [2.75, 3.05) is 7.05 Å². The highest BCUT2D eigenvalue weighted by atomic mass is 79.9. The van der Waals surface area contributed by atoms with E-state index in [9.17, 15) is 0 Å². The topological polar surface area (TPSA) is 21.1 Å². The van der Waals surface area contributed by atoms with Crippen LogP contribution in [0.2, 0.25) is 0 Å². The molecule has 0 aromatic carbocycles. The van der Waals surface area contributed by atoms with Crippen molar-refractivity contribution in [3.8, 4) is 0 Å². The van der Waals surface area contributed by atoms with E-state index in [4.69, 9.17) is 0 Å². The largest absolute Gasteiger partial charge is 0.298 e. The van der Waals surface area contributed by atoms with Crippen molar-refractivity contribution in [2.24, 2.45) is 7.05 Å². The molecule has 0 radical (unpaired) electrons. The van der Waals surface area contributed by atoms with Gasteiger partial charge in [0.05, 0.1) is 15.9 Å². The number of halogens is 1. The highest BCUT2D eigenvalue weighted by molar-refractivity contribution is 9.10. The first-order valence-electron chi connectivity index (χ1n) is 5.35. The standard InChI is InChI=1S/C11H20BrN3/c1-6-8(2)14(4)7-10-11(12)9(3)13-15(10)5/h8H,6-7H2,1-5H3. The molecule has 86 valence electrons. The van der Waals surface area contributed by atoms with Crippen molar-refractivity contribution < 1.29 is 0 Å². The van der Waals surface area contributed by atoms with E-state index < -0.39 is 0 Å². The number of aryl methyl sites for hydroxylation is 2. The molecule has 0 N–H and O–H groups in total. The average Bonchev–Trinajstić information content (AvgIpc) is 2.43. The quantitative estimate of drug-likeness (QED) is 0.841. The number of nitrogens with zero attached hydrogens (tertiary/aromatic N) is 3. The second-order valence-corrected chi connectivity index (χ2v) is 4.94. The van der Waals surface area contributed by atoms with Gasteiger partial charge >= 0.3 is 0 Å². The molecule has 0 amide bonds. The van der Waals surface area contributed by atoms with Gasteiger partial charge in [-0.15, -0.1) is 0 Å². The predicted octanol–water partition coefficient (Wildman–Crippen LogP) is 2.72. The number of hydrogen-bond donors (Lipinski definition) is 0. The number of rotatable bonds is 4. The Balaban J connectivity index is 2.80. The zero-order valence-corrected chi connectivity index (χ0v) is 11.8. The van der Waals surface area contributed by atoms with E-state index in [-0.39, 0.29) is 0 Å². The van der Waals surface area contributed by atoms with Crippen LogP contribution in [0.4, 0.5) is 0 Å². The zero-order valence-electron chi connectivity index (χ0n) is 10.2. The Bertz CT molecular complexity index is 333.